The molecule has 2 N–H and O–H groups in total. The molecule has 0 spiro atoms. The molecule has 16 nitrogen and oxygen atoms in total. The summed E-state index contributed by atoms with van der Waals surface area (Å²) in [6.07, 6.45) is 3.84. The van der Waals surface area contributed by atoms with Crippen LogP contribution in [0.15, 0.2) is 84.9 Å². The molecule has 0 atom stereocenters. The highest BCUT2D eigenvalue weighted by molar-refractivity contribution is 7.28. The average Bonchev–Trinajstić information content (AvgIpc) is 4.28. The van der Waals surface area contributed by atoms with Gasteiger partial charge in [0.25, 0.3) is 0 Å². The van der Waals surface area contributed by atoms with E-state index in [-0.39, 0.29) is 11.8 Å². The van der Waals surface area contributed by atoms with E-state index in [4.69, 9.17) is 56.8 Å². The first kappa shape index (κ1) is 57.2. The van der Waals surface area contributed by atoms with Crippen LogP contribution in [0.5, 0.6) is 23.0 Å². The summed E-state index contributed by atoms with van der Waals surface area (Å²) in [6, 6.07) is 28.4. The van der Waals surface area contributed by atoms with E-state index >= 15 is 0 Å². The lowest BCUT2D eigenvalue weighted by Crippen LogP contribution is -2.16. The summed E-state index contributed by atoms with van der Waals surface area (Å²) < 4.78 is 68.5. The third kappa shape index (κ3) is 19.8. The molecule has 76 heavy (non-hydrogen) atoms. The fourth-order valence-corrected chi connectivity index (χ4v) is 12.2. The molecular weight excluding hydrogens is 1050 g/mol. The highest BCUT2D eigenvalue weighted by atomic mass is 32.1. The highest BCUT2D eigenvalue weighted by Gasteiger charge is 2.16. The second-order valence-electron chi connectivity index (χ2n) is 17.3. The van der Waals surface area contributed by atoms with E-state index in [1.165, 1.54) is 39.0 Å². The predicted octanol–water partition coefficient (Wildman–Crippen LogP) is 10.5. The van der Waals surface area contributed by atoms with Crippen LogP contribution in [0.1, 0.15) is 35.4 Å². The molecule has 20 heteroatoms. The Labute approximate surface area is 460 Å². The largest absolute Gasteiger partial charge is 0.487 e. The smallest absolute Gasteiger partial charge is 0.224 e. The van der Waals surface area contributed by atoms with Crippen molar-refractivity contribution in [2.45, 2.75) is 38.5 Å². The Kier molecular flexibility index (Phi) is 24.6. The van der Waals surface area contributed by atoms with Crippen LogP contribution in [0, 0.1) is 0 Å². The van der Waals surface area contributed by atoms with Crippen LogP contribution < -0.4 is 29.6 Å². The average molecular weight is 1120 g/mol. The Morgan fingerprint density at radius 3 is 0.934 bits per heavy atom. The van der Waals surface area contributed by atoms with Crippen molar-refractivity contribution < 1.29 is 66.4 Å². The van der Waals surface area contributed by atoms with Crippen molar-refractivity contribution in [1.82, 2.24) is 0 Å². The summed E-state index contributed by atoms with van der Waals surface area (Å²) >= 11 is 7.15. The minimum absolute atomic E-state index is 0.0595. The second-order valence-corrected chi connectivity index (χ2v) is 21.8. The van der Waals surface area contributed by atoms with Crippen LogP contribution in [0.2, 0.25) is 0 Å². The Hall–Kier alpha value is -4.94. The zero-order valence-corrected chi connectivity index (χ0v) is 46.1. The van der Waals surface area contributed by atoms with E-state index in [0.29, 0.717) is 179 Å². The molecule has 0 aliphatic carbocycles. The molecule has 6 heterocycles. The van der Waals surface area contributed by atoms with E-state index in [0.717, 1.165) is 25.7 Å². The van der Waals surface area contributed by atoms with Crippen molar-refractivity contribution >= 4 is 68.5 Å². The highest BCUT2D eigenvalue weighted by Crippen LogP contribution is 2.43. The molecular formula is C56H68N2O14S4. The van der Waals surface area contributed by atoms with Crippen LogP contribution in [0.4, 0.5) is 11.4 Å². The molecule has 410 valence electrons. The van der Waals surface area contributed by atoms with Crippen LogP contribution in [-0.4, -0.2) is 144 Å². The van der Waals surface area contributed by atoms with Gasteiger partial charge >= 0.3 is 0 Å². The molecule has 8 rings (SSSR count). The maximum absolute atomic E-state index is 13.1. The SMILES string of the molecule is O=C(CCCc1ccc(-c2ccc(-c3ccc(-c4ccc(CCCC(=O)Nc5ccc6c(c5)OCCOCCOCCOCCOCCO6)s4)s3)s2)s1)Nc1ccc2c(c1)OCCOCCOCCOCCOCCO2. The number of amides is 2. The van der Waals surface area contributed by atoms with Crippen LogP contribution in [0.25, 0.3) is 29.3 Å². The summed E-state index contributed by atoms with van der Waals surface area (Å²) in [5.74, 6) is 2.07. The van der Waals surface area contributed by atoms with Crippen molar-refractivity contribution in [3.63, 3.8) is 0 Å². The van der Waals surface area contributed by atoms with Crippen LogP contribution >= 0.6 is 45.3 Å². The molecule has 0 saturated heterocycles. The topological polar surface area (TPSA) is 169 Å². The monoisotopic (exact) mass is 1120 g/mol. The van der Waals surface area contributed by atoms with E-state index in [1.807, 2.05) is 12.1 Å². The van der Waals surface area contributed by atoms with Gasteiger partial charge in [0.15, 0.2) is 23.0 Å². The van der Waals surface area contributed by atoms with E-state index in [1.54, 1.807) is 69.6 Å². The Morgan fingerprint density at radius 1 is 0.329 bits per heavy atom. The fraction of sp³-hybridized carbons (Fsp3) is 0.464. The molecule has 2 aliphatic heterocycles. The van der Waals surface area contributed by atoms with Crippen molar-refractivity contribution in [2.24, 2.45) is 0 Å². The van der Waals surface area contributed by atoms with Gasteiger partial charge in [-0.25, -0.2) is 0 Å². The first-order chi connectivity index (χ1) is 37.5. The summed E-state index contributed by atoms with van der Waals surface area (Å²) in [6.45, 7) is 8.71. The summed E-state index contributed by atoms with van der Waals surface area (Å²) in [4.78, 5) is 36.0. The molecule has 0 radical (unpaired) electrons. The molecule has 2 aliphatic rings. The van der Waals surface area contributed by atoms with Crippen molar-refractivity contribution in [3.05, 3.63) is 94.7 Å². The number of carbonyl (C=O) groups is 2. The van der Waals surface area contributed by atoms with E-state index in [2.05, 4.69) is 59.2 Å². The van der Waals surface area contributed by atoms with Crippen LogP contribution in [-0.2, 0) is 60.3 Å². The number of rotatable bonds is 13. The van der Waals surface area contributed by atoms with Crippen LogP contribution in [0.3, 0.4) is 0 Å². The summed E-state index contributed by atoms with van der Waals surface area (Å²) in [5.41, 5.74) is 1.28. The van der Waals surface area contributed by atoms with Gasteiger partial charge in [-0.3, -0.25) is 9.59 Å². The number of ether oxygens (including phenoxy) is 12. The molecule has 2 aromatic carbocycles. The molecule has 0 bridgehead atoms. The van der Waals surface area contributed by atoms with Gasteiger partial charge in [-0.05, 0) is 98.5 Å². The zero-order valence-electron chi connectivity index (χ0n) is 42.8. The molecule has 0 saturated carbocycles. The van der Waals surface area contributed by atoms with Gasteiger partial charge in [-0.2, -0.15) is 0 Å². The fourth-order valence-electron chi connectivity index (χ4n) is 7.79. The van der Waals surface area contributed by atoms with Gasteiger partial charge in [0.2, 0.25) is 11.8 Å². The lowest BCUT2D eigenvalue weighted by Gasteiger charge is -2.15. The number of anilines is 2. The summed E-state index contributed by atoms with van der Waals surface area (Å²) in [7, 11) is 0. The Morgan fingerprint density at radius 2 is 0.605 bits per heavy atom. The number of fused-ring (bicyclic) bond motifs is 2. The molecule has 0 unspecified atom stereocenters. The Bertz CT molecular complexity index is 2470. The second kappa shape index (κ2) is 32.7. The van der Waals surface area contributed by atoms with Gasteiger partial charge in [0.05, 0.1) is 106 Å². The predicted molar refractivity (Wildman–Crippen MR) is 299 cm³/mol. The number of thiophene rings is 4. The molecule has 6 aromatic rings. The minimum atomic E-state index is -0.0595. The third-order valence-corrected chi connectivity index (χ3v) is 16.6. The van der Waals surface area contributed by atoms with Crippen molar-refractivity contribution in [2.75, 3.05) is 143 Å². The molecule has 4 aromatic heterocycles. The zero-order chi connectivity index (χ0) is 52.2. The third-order valence-electron chi connectivity index (χ3n) is 11.5. The minimum Gasteiger partial charge on any atom is -0.487 e. The lowest BCUT2D eigenvalue weighted by molar-refractivity contribution is -0.117. The van der Waals surface area contributed by atoms with E-state index < -0.39 is 0 Å². The standard InChI is InChI=1S/C56H68N2O14S4/c59-55(57-41-7-11-45-47(39-41)71-37-33-67-29-25-63-21-19-61-23-27-65-31-35-69-45)5-1-3-43-9-13-49(73-43)51-15-17-53(75-51)54-18-16-52(76-54)50-14-10-44(74-50)4-2-6-56(60)58-42-8-12-46-48(40-42)72-38-34-68-30-26-64-22-20-62-24-28-66-32-36-70-46/h7-18,39-40H,1-6,19-38H2,(H,57,59)(H,58,60). The maximum atomic E-state index is 13.1. The van der Waals surface area contributed by atoms with Gasteiger partial charge < -0.3 is 67.5 Å². The van der Waals surface area contributed by atoms with E-state index in [9.17, 15) is 9.59 Å². The van der Waals surface area contributed by atoms with Crippen molar-refractivity contribution in [3.8, 4) is 52.3 Å². The maximum Gasteiger partial charge on any atom is 0.224 e. The van der Waals surface area contributed by atoms with Gasteiger partial charge in [0.1, 0.15) is 26.4 Å². The molecule has 0 fully saturated rings. The number of nitrogens with one attached hydrogen (secondary N) is 2. The molecule has 2 amide bonds. The normalized spacial score (nSPS) is 16.6. The summed E-state index contributed by atoms with van der Waals surface area (Å²) in [5, 5.41) is 6.06. The van der Waals surface area contributed by atoms with Gasteiger partial charge in [-0.1, -0.05) is 0 Å². The van der Waals surface area contributed by atoms with Gasteiger partial charge in [0, 0.05) is 75.4 Å². The van der Waals surface area contributed by atoms with Crippen molar-refractivity contribution in [1.29, 1.82) is 0 Å². The number of hydrogen-bond donors (Lipinski definition) is 2. The van der Waals surface area contributed by atoms with Gasteiger partial charge in [-0.15, -0.1) is 45.3 Å². The number of aryl methyl sites for hydroxylation is 2. The lowest BCUT2D eigenvalue weighted by atomic mass is 10.2. The quantitative estimate of drug-likeness (QED) is 0.112. The number of carbonyl (C=O) groups excluding carboxylic acids is 2. The number of benzene rings is 2. The first-order valence-corrected chi connectivity index (χ1v) is 29.2. The Balaban J connectivity index is 0.754. The first-order valence-electron chi connectivity index (χ1n) is 25.9. The number of hydrogen-bond acceptors (Lipinski definition) is 18.